The highest BCUT2D eigenvalue weighted by molar-refractivity contribution is 7.92. The van der Waals surface area contributed by atoms with E-state index >= 15 is 0 Å². The zero-order valence-corrected chi connectivity index (χ0v) is 16.9. The largest absolute Gasteiger partial charge is 0.283 e. The standard InChI is InChI=1S/C19H17ClN2O4S2/c20-16-8-6-15(7-9-16)14-27(23,24)21-18-10-12-19(13-11-18)28(25,26)22-17-4-2-1-3-5-17/h1-13,21-22H,14H2. The third-order valence-electron chi connectivity index (χ3n) is 3.73. The van der Waals surface area contributed by atoms with Crippen LogP contribution in [-0.4, -0.2) is 16.8 Å². The lowest BCUT2D eigenvalue weighted by Crippen LogP contribution is -2.16. The molecule has 0 amide bonds. The zero-order valence-electron chi connectivity index (χ0n) is 14.5. The van der Waals surface area contributed by atoms with Crippen molar-refractivity contribution in [3.8, 4) is 0 Å². The first-order valence-corrected chi connectivity index (χ1v) is 11.7. The molecule has 0 radical (unpaired) electrons. The molecule has 0 saturated carbocycles. The van der Waals surface area contributed by atoms with Crippen LogP contribution in [0.5, 0.6) is 0 Å². The number of para-hydroxylation sites is 1. The summed E-state index contributed by atoms with van der Waals surface area (Å²) >= 11 is 5.80. The molecule has 3 aromatic carbocycles. The fraction of sp³-hybridized carbons (Fsp3) is 0.0526. The van der Waals surface area contributed by atoms with Crippen molar-refractivity contribution < 1.29 is 16.8 Å². The van der Waals surface area contributed by atoms with Crippen LogP contribution < -0.4 is 9.44 Å². The average Bonchev–Trinajstić information content (AvgIpc) is 2.64. The van der Waals surface area contributed by atoms with Crippen LogP contribution in [0.4, 0.5) is 11.4 Å². The maximum absolute atomic E-state index is 12.4. The molecule has 0 bridgehead atoms. The van der Waals surface area contributed by atoms with Gasteiger partial charge in [-0.2, -0.15) is 0 Å². The molecule has 0 aliphatic carbocycles. The highest BCUT2D eigenvalue weighted by Gasteiger charge is 2.16. The second-order valence-electron chi connectivity index (χ2n) is 5.98. The number of anilines is 2. The molecule has 9 heteroatoms. The molecule has 2 N–H and O–H groups in total. The van der Waals surface area contributed by atoms with Crippen molar-refractivity contribution in [2.24, 2.45) is 0 Å². The Morgan fingerprint density at radius 1 is 0.679 bits per heavy atom. The predicted octanol–water partition coefficient (Wildman–Crippen LogP) is 4.08. The molecule has 0 spiro atoms. The number of rotatable bonds is 7. The second-order valence-corrected chi connectivity index (χ2v) is 9.82. The molecule has 0 aliphatic heterocycles. The molecule has 0 heterocycles. The Morgan fingerprint density at radius 3 is 1.86 bits per heavy atom. The van der Waals surface area contributed by atoms with Gasteiger partial charge in [-0.1, -0.05) is 41.9 Å². The van der Waals surface area contributed by atoms with Crippen LogP contribution in [0.2, 0.25) is 5.02 Å². The Morgan fingerprint density at radius 2 is 1.25 bits per heavy atom. The summed E-state index contributed by atoms with van der Waals surface area (Å²) in [6, 6.07) is 20.5. The van der Waals surface area contributed by atoms with Gasteiger partial charge in [-0.3, -0.25) is 9.44 Å². The Labute approximate surface area is 169 Å². The topological polar surface area (TPSA) is 92.3 Å². The van der Waals surface area contributed by atoms with Crippen molar-refractivity contribution in [1.29, 1.82) is 0 Å². The predicted molar refractivity (Wildman–Crippen MR) is 111 cm³/mol. The van der Waals surface area contributed by atoms with Gasteiger partial charge in [0.2, 0.25) is 10.0 Å². The van der Waals surface area contributed by atoms with Crippen molar-refractivity contribution in [2.75, 3.05) is 9.44 Å². The number of hydrogen-bond donors (Lipinski definition) is 2. The molecule has 3 aromatic rings. The van der Waals surface area contributed by atoms with E-state index in [4.69, 9.17) is 11.6 Å². The summed E-state index contributed by atoms with van der Waals surface area (Å²) in [5, 5.41) is 0.523. The molecule has 3 rings (SSSR count). The van der Waals surface area contributed by atoms with Crippen LogP contribution in [0.3, 0.4) is 0 Å². The number of hydrogen-bond acceptors (Lipinski definition) is 4. The smallest absolute Gasteiger partial charge is 0.261 e. The second kappa shape index (κ2) is 8.22. The molecule has 0 fully saturated rings. The lowest BCUT2D eigenvalue weighted by atomic mass is 10.2. The molecule has 0 unspecified atom stereocenters. The van der Waals surface area contributed by atoms with Crippen LogP contribution in [0.1, 0.15) is 5.56 Å². The van der Waals surface area contributed by atoms with Gasteiger partial charge in [0.15, 0.2) is 0 Å². The number of nitrogens with one attached hydrogen (secondary N) is 2. The summed E-state index contributed by atoms with van der Waals surface area (Å²) in [5.74, 6) is -0.222. The fourth-order valence-corrected chi connectivity index (χ4v) is 4.82. The van der Waals surface area contributed by atoms with E-state index < -0.39 is 20.0 Å². The molecular formula is C19H17ClN2O4S2. The van der Waals surface area contributed by atoms with Crippen molar-refractivity contribution in [3.63, 3.8) is 0 Å². The van der Waals surface area contributed by atoms with Crippen molar-refractivity contribution in [2.45, 2.75) is 10.6 Å². The minimum atomic E-state index is -3.77. The third kappa shape index (κ3) is 5.48. The van der Waals surface area contributed by atoms with E-state index in [-0.39, 0.29) is 16.3 Å². The minimum absolute atomic E-state index is 0.0250. The zero-order chi connectivity index (χ0) is 20.2. The molecule has 0 saturated heterocycles. The van der Waals surface area contributed by atoms with E-state index in [0.717, 1.165) is 0 Å². The minimum Gasteiger partial charge on any atom is -0.283 e. The molecule has 0 atom stereocenters. The molecule has 0 aliphatic rings. The average molecular weight is 437 g/mol. The monoisotopic (exact) mass is 436 g/mol. The molecule has 28 heavy (non-hydrogen) atoms. The van der Waals surface area contributed by atoms with E-state index in [1.807, 2.05) is 0 Å². The van der Waals surface area contributed by atoms with Crippen LogP contribution in [-0.2, 0) is 25.8 Å². The van der Waals surface area contributed by atoms with Gasteiger partial charge in [0.25, 0.3) is 10.0 Å². The van der Waals surface area contributed by atoms with Crippen molar-refractivity contribution in [1.82, 2.24) is 0 Å². The maximum Gasteiger partial charge on any atom is 0.261 e. The summed E-state index contributed by atoms with van der Waals surface area (Å²) < 4.78 is 54.3. The van der Waals surface area contributed by atoms with E-state index in [2.05, 4.69) is 9.44 Å². The maximum atomic E-state index is 12.4. The summed E-state index contributed by atoms with van der Waals surface area (Å²) in [5.41, 5.74) is 1.30. The van der Waals surface area contributed by atoms with E-state index in [9.17, 15) is 16.8 Å². The van der Waals surface area contributed by atoms with E-state index in [1.54, 1.807) is 54.6 Å². The van der Waals surface area contributed by atoms with Gasteiger partial charge in [0.1, 0.15) is 0 Å². The van der Waals surface area contributed by atoms with Gasteiger partial charge >= 0.3 is 0 Å². The first-order chi connectivity index (χ1) is 13.2. The van der Waals surface area contributed by atoms with Gasteiger partial charge in [0, 0.05) is 16.4 Å². The number of benzene rings is 3. The molecule has 146 valence electrons. The van der Waals surface area contributed by atoms with Crippen LogP contribution in [0.25, 0.3) is 0 Å². The number of sulfonamides is 2. The highest BCUT2D eigenvalue weighted by atomic mass is 35.5. The summed E-state index contributed by atoms with van der Waals surface area (Å²) in [4.78, 5) is 0.0250. The van der Waals surface area contributed by atoms with Crippen molar-refractivity contribution >= 4 is 43.0 Å². The van der Waals surface area contributed by atoms with E-state index in [1.165, 1.54) is 24.3 Å². The molecule has 0 aromatic heterocycles. The Balaban J connectivity index is 1.70. The van der Waals surface area contributed by atoms with Gasteiger partial charge in [0.05, 0.1) is 10.6 Å². The Kier molecular flexibility index (Phi) is 5.93. The first-order valence-electron chi connectivity index (χ1n) is 8.16. The van der Waals surface area contributed by atoms with E-state index in [0.29, 0.717) is 16.3 Å². The van der Waals surface area contributed by atoms with Gasteiger partial charge in [-0.25, -0.2) is 16.8 Å². The Bertz CT molecular complexity index is 1150. The number of halogens is 1. The summed E-state index contributed by atoms with van der Waals surface area (Å²) in [7, 11) is -7.42. The molecular weight excluding hydrogens is 420 g/mol. The third-order valence-corrected chi connectivity index (χ3v) is 6.64. The first kappa shape index (κ1) is 20.2. The van der Waals surface area contributed by atoms with Gasteiger partial charge in [-0.15, -0.1) is 0 Å². The lowest BCUT2D eigenvalue weighted by Gasteiger charge is -2.10. The molecule has 6 nitrogen and oxygen atoms in total. The fourth-order valence-electron chi connectivity index (χ4n) is 2.44. The van der Waals surface area contributed by atoms with Crippen LogP contribution in [0, 0.1) is 0 Å². The highest BCUT2D eigenvalue weighted by Crippen LogP contribution is 2.20. The van der Waals surface area contributed by atoms with Gasteiger partial charge < -0.3 is 0 Å². The van der Waals surface area contributed by atoms with Gasteiger partial charge in [-0.05, 0) is 54.1 Å². The summed E-state index contributed by atoms with van der Waals surface area (Å²) in [6.45, 7) is 0. The SMILES string of the molecule is O=S(=O)(Cc1ccc(Cl)cc1)Nc1ccc(S(=O)(=O)Nc2ccccc2)cc1. The normalized spacial score (nSPS) is 11.8. The van der Waals surface area contributed by atoms with Crippen LogP contribution >= 0.6 is 11.6 Å². The van der Waals surface area contributed by atoms with Crippen LogP contribution in [0.15, 0.2) is 83.8 Å². The van der Waals surface area contributed by atoms with Crippen molar-refractivity contribution in [3.05, 3.63) is 89.4 Å². The summed E-state index contributed by atoms with van der Waals surface area (Å²) in [6.07, 6.45) is 0. The Hall–Kier alpha value is -2.55. The lowest BCUT2D eigenvalue weighted by molar-refractivity contribution is 0.599. The quantitative estimate of drug-likeness (QED) is 0.583.